The van der Waals surface area contributed by atoms with Crippen LogP contribution in [0.25, 0.3) is 0 Å². The number of rotatable bonds is 6. The van der Waals surface area contributed by atoms with Gasteiger partial charge in [-0.05, 0) is 19.9 Å². The van der Waals surface area contributed by atoms with Gasteiger partial charge in [0.2, 0.25) is 0 Å². The molecule has 10 heteroatoms. The lowest BCUT2D eigenvalue weighted by Gasteiger charge is -2.23. The zero-order chi connectivity index (χ0) is 17.9. The van der Waals surface area contributed by atoms with Gasteiger partial charge in [-0.25, -0.2) is 4.31 Å². The van der Waals surface area contributed by atoms with Gasteiger partial charge >= 0.3 is 10.2 Å². The Kier molecular flexibility index (Phi) is 5.40. The maximum Gasteiger partial charge on any atom is 0.345 e. The number of aryl methyl sites for hydroxylation is 1. The smallest absolute Gasteiger partial charge is 0.345 e. The normalized spacial score (nSPS) is 16.6. The fourth-order valence-electron chi connectivity index (χ4n) is 2.27. The lowest BCUT2D eigenvalue weighted by atomic mass is 10.1. The standard InChI is InChI=1S/C14H21N5O4S/c1-5-19-10(2)11(9-16-19)12-8-13(14(20)15-6-7-23-4)18(3)24(21,22)17-12/h8-9H,5-7H2,1-4H3,(H,15,20). The molecule has 0 atom stereocenters. The molecule has 24 heavy (non-hydrogen) atoms. The maximum atomic E-state index is 12.3. The molecule has 1 amide bonds. The maximum absolute atomic E-state index is 12.3. The van der Waals surface area contributed by atoms with Crippen molar-refractivity contribution in [3.05, 3.63) is 29.2 Å². The van der Waals surface area contributed by atoms with Crippen LogP contribution in [0.1, 0.15) is 18.2 Å². The summed E-state index contributed by atoms with van der Waals surface area (Å²) in [7, 11) is -1.17. The first-order valence-electron chi connectivity index (χ1n) is 7.42. The molecule has 0 radical (unpaired) electrons. The van der Waals surface area contributed by atoms with Gasteiger partial charge in [-0.15, -0.1) is 4.40 Å². The van der Waals surface area contributed by atoms with E-state index >= 15 is 0 Å². The molecular formula is C14H21N5O4S. The van der Waals surface area contributed by atoms with Crippen LogP contribution in [0.2, 0.25) is 0 Å². The first-order valence-corrected chi connectivity index (χ1v) is 8.82. The molecule has 2 rings (SSSR count). The van der Waals surface area contributed by atoms with Crippen molar-refractivity contribution in [2.24, 2.45) is 4.40 Å². The van der Waals surface area contributed by atoms with Crippen LogP contribution in [-0.4, -0.2) is 61.4 Å². The number of hydrogen-bond donors (Lipinski definition) is 1. The van der Waals surface area contributed by atoms with E-state index < -0.39 is 16.1 Å². The van der Waals surface area contributed by atoms with E-state index in [9.17, 15) is 13.2 Å². The average molecular weight is 355 g/mol. The number of hydrogen-bond acceptors (Lipinski definition) is 5. The summed E-state index contributed by atoms with van der Waals surface area (Å²) in [5.74, 6) is -0.508. The van der Waals surface area contributed by atoms with Crippen LogP contribution in [0.3, 0.4) is 0 Å². The Morgan fingerprint density at radius 3 is 2.71 bits per heavy atom. The Morgan fingerprint density at radius 1 is 1.42 bits per heavy atom. The molecule has 0 bridgehead atoms. The van der Waals surface area contributed by atoms with E-state index in [1.807, 2.05) is 13.8 Å². The zero-order valence-electron chi connectivity index (χ0n) is 14.1. The van der Waals surface area contributed by atoms with Gasteiger partial charge in [-0.3, -0.25) is 9.48 Å². The summed E-state index contributed by atoms with van der Waals surface area (Å²) in [6.07, 6.45) is 3.00. The van der Waals surface area contributed by atoms with E-state index in [2.05, 4.69) is 14.8 Å². The van der Waals surface area contributed by atoms with E-state index in [1.165, 1.54) is 20.2 Å². The lowest BCUT2D eigenvalue weighted by Crippen LogP contribution is -2.39. The van der Waals surface area contributed by atoms with Crippen LogP contribution < -0.4 is 5.32 Å². The monoisotopic (exact) mass is 355 g/mol. The van der Waals surface area contributed by atoms with Crippen LogP contribution in [0.15, 0.2) is 22.4 Å². The van der Waals surface area contributed by atoms with Crippen LogP contribution >= 0.6 is 0 Å². The highest BCUT2D eigenvalue weighted by Gasteiger charge is 2.30. The van der Waals surface area contributed by atoms with Crippen LogP contribution in [-0.2, 0) is 26.3 Å². The Hall–Kier alpha value is -2.20. The number of ether oxygens (including phenoxy) is 1. The van der Waals surface area contributed by atoms with Gasteiger partial charge in [0.15, 0.2) is 0 Å². The third-order valence-corrected chi connectivity index (χ3v) is 4.99. The van der Waals surface area contributed by atoms with Crippen LogP contribution in [0.4, 0.5) is 0 Å². The summed E-state index contributed by atoms with van der Waals surface area (Å²) in [6, 6.07) is 0. The third kappa shape index (κ3) is 3.49. The number of carbonyl (C=O) groups excluding carboxylic acids is 1. The molecular weight excluding hydrogens is 334 g/mol. The van der Waals surface area contributed by atoms with E-state index in [0.717, 1.165) is 10.00 Å². The second-order valence-corrected chi connectivity index (χ2v) is 6.79. The molecule has 1 aliphatic rings. The molecule has 0 aromatic carbocycles. The fourth-order valence-corrected chi connectivity index (χ4v) is 3.17. The van der Waals surface area contributed by atoms with Crippen molar-refractivity contribution < 1.29 is 17.9 Å². The summed E-state index contributed by atoms with van der Waals surface area (Å²) < 4.78 is 35.8. The van der Waals surface area contributed by atoms with Crippen molar-refractivity contribution in [1.82, 2.24) is 19.4 Å². The van der Waals surface area contributed by atoms with Crippen molar-refractivity contribution in [2.45, 2.75) is 20.4 Å². The van der Waals surface area contributed by atoms with Crippen molar-refractivity contribution in [1.29, 1.82) is 0 Å². The van der Waals surface area contributed by atoms with Crippen molar-refractivity contribution in [2.75, 3.05) is 27.3 Å². The molecule has 1 aliphatic heterocycles. The van der Waals surface area contributed by atoms with Gasteiger partial charge < -0.3 is 10.1 Å². The van der Waals surface area contributed by atoms with Crippen molar-refractivity contribution in [3.63, 3.8) is 0 Å². The molecule has 2 heterocycles. The van der Waals surface area contributed by atoms with Gasteiger partial charge in [0.1, 0.15) is 5.70 Å². The number of allylic oxidation sites excluding steroid dienone is 1. The number of amides is 1. The lowest BCUT2D eigenvalue weighted by molar-refractivity contribution is -0.118. The molecule has 0 saturated carbocycles. The Bertz CT molecular complexity index is 794. The Labute approximate surface area is 141 Å². The van der Waals surface area contributed by atoms with E-state index in [4.69, 9.17) is 4.74 Å². The predicted molar refractivity (Wildman–Crippen MR) is 88.8 cm³/mol. The summed E-state index contributed by atoms with van der Waals surface area (Å²) in [5, 5.41) is 6.80. The fraction of sp³-hybridized carbons (Fsp3) is 0.500. The van der Waals surface area contributed by atoms with E-state index in [-0.39, 0.29) is 18.0 Å². The molecule has 0 aliphatic carbocycles. The molecule has 132 valence electrons. The summed E-state index contributed by atoms with van der Waals surface area (Å²) in [4.78, 5) is 12.3. The van der Waals surface area contributed by atoms with Crippen molar-refractivity contribution >= 4 is 21.8 Å². The Morgan fingerprint density at radius 2 is 2.12 bits per heavy atom. The minimum atomic E-state index is -3.97. The minimum absolute atomic E-state index is 0.000230. The van der Waals surface area contributed by atoms with Gasteiger partial charge in [0.25, 0.3) is 5.91 Å². The SMILES string of the molecule is CCn1ncc(C2=NS(=O)(=O)N(C)C(C(=O)NCCOC)=C2)c1C. The number of aromatic nitrogens is 2. The number of likely N-dealkylation sites (N-methyl/N-ethyl adjacent to an activating group) is 1. The highest BCUT2D eigenvalue weighted by molar-refractivity contribution is 7.88. The minimum Gasteiger partial charge on any atom is -0.383 e. The summed E-state index contributed by atoms with van der Waals surface area (Å²) in [6.45, 7) is 5.02. The molecule has 1 aromatic heterocycles. The summed E-state index contributed by atoms with van der Waals surface area (Å²) in [5.41, 5.74) is 1.56. The molecule has 0 saturated heterocycles. The molecule has 0 unspecified atom stereocenters. The molecule has 0 fully saturated rings. The first kappa shape index (κ1) is 18.1. The van der Waals surface area contributed by atoms with Crippen molar-refractivity contribution in [3.8, 4) is 0 Å². The zero-order valence-corrected chi connectivity index (χ0v) is 14.9. The highest BCUT2D eigenvalue weighted by atomic mass is 32.2. The Balaban J connectivity index is 2.40. The molecule has 9 nitrogen and oxygen atoms in total. The van der Waals surface area contributed by atoms with Gasteiger partial charge in [-0.1, -0.05) is 0 Å². The van der Waals surface area contributed by atoms with E-state index in [0.29, 0.717) is 18.7 Å². The molecule has 1 N–H and O–H groups in total. The summed E-state index contributed by atoms with van der Waals surface area (Å²) >= 11 is 0. The van der Waals surface area contributed by atoms with Gasteiger partial charge in [0.05, 0.1) is 18.5 Å². The van der Waals surface area contributed by atoms with Gasteiger partial charge in [0, 0.05) is 38.5 Å². The van der Waals surface area contributed by atoms with E-state index in [1.54, 1.807) is 10.9 Å². The number of nitrogens with zero attached hydrogens (tertiary/aromatic N) is 4. The van der Waals surface area contributed by atoms with Crippen LogP contribution in [0, 0.1) is 6.92 Å². The first-order chi connectivity index (χ1) is 11.3. The van der Waals surface area contributed by atoms with Crippen LogP contribution in [0.5, 0.6) is 0 Å². The predicted octanol–water partition coefficient (Wildman–Crippen LogP) is -0.163. The van der Waals surface area contributed by atoms with Gasteiger partial charge in [-0.2, -0.15) is 13.5 Å². The second kappa shape index (κ2) is 7.14. The quantitative estimate of drug-likeness (QED) is 0.714. The number of nitrogens with one attached hydrogen (secondary N) is 1. The topological polar surface area (TPSA) is 106 Å². The highest BCUT2D eigenvalue weighted by Crippen LogP contribution is 2.21. The molecule has 1 aromatic rings. The average Bonchev–Trinajstić information content (AvgIpc) is 2.90. The third-order valence-electron chi connectivity index (χ3n) is 3.68. The molecule has 0 spiro atoms. The number of carbonyl (C=O) groups is 1. The number of methoxy groups -OCH3 is 1. The largest absolute Gasteiger partial charge is 0.383 e. The second-order valence-electron chi connectivity index (χ2n) is 5.16.